The van der Waals surface area contributed by atoms with E-state index in [0.717, 1.165) is 25.7 Å². The van der Waals surface area contributed by atoms with Gasteiger partial charge in [-0.25, -0.2) is 19.0 Å². The summed E-state index contributed by atoms with van der Waals surface area (Å²) in [5.41, 5.74) is -3.95. The minimum absolute atomic E-state index is 0.0704. The number of pyridine rings is 1. The highest BCUT2D eigenvalue weighted by Gasteiger charge is 2.74. The topological polar surface area (TPSA) is 150 Å². The Morgan fingerprint density at radius 2 is 1.80 bits per heavy atom. The smallest absolute Gasteiger partial charge is 0.380 e. The molecule has 0 unspecified atom stereocenters. The third kappa shape index (κ3) is 4.63. The van der Waals surface area contributed by atoms with Crippen molar-refractivity contribution < 1.29 is 36.9 Å². The van der Waals surface area contributed by atoms with Crippen molar-refractivity contribution in [3.8, 4) is 0 Å². The molecular formula is C30H33F4N7O4. The Bertz CT molecular complexity index is 1670. The minimum Gasteiger partial charge on any atom is -0.380 e. The standard InChI is InChI=1S/C30H33F4N7O4/c1-14-21(40-45-39-14)25(42)37-22(20(15-2-3-15)16-4-5-16)24-36-18-7-6-17(35-23(18)38-24)19-10-29(44,30(32,33)34)8-9-41(19)26(43)27-11-28(31,12-27)13-27/h6-7,15-16,19-20,22,44H,2-5,8-13H2,1H3,(H,37,42)(H,35,36,38)/t19-,22+,27?,28?,29+/m0/s1. The predicted octanol–water partition coefficient (Wildman–Crippen LogP) is 4.41. The van der Waals surface area contributed by atoms with Gasteiger partial charge in [-0.3, -0.25) is 9.59 Å². The van der Waals surface area contributed by atoms with Gasteiger partial charge in [-0.05, 0) is 86.9 Å². The van der Waals surface area contributed by atoms with Gasteiger partial charge in [0.15, 0.2) is 16.9 Å². The van der Waals surface area contributed by atoms with Crippen LogP contribution in [0.4, 0.5) is 17.6 Å². The van der Waals surface area contributed by atoms with Crippen LogP contribution in [-0.4, -0.2) is 71.1 Å². The van der Waals surface area contributed by atoms with Gasteiger partial charge in [0.05, 0.1) is 28.7 Å². The second-order valence-electron chi connectivity index (χ2n) is 14.1. The molecular weight excluding hydrogens is 598 g/mol. The van der Waals surface area contributed by atoms with Gasteiger partial charge in [0.1, 0.15) is 17.2 Å². The van der Waals surface area contributed by atoms with Crippen molar-refractivity contribution in [3.63, 3.8) is 0 Å². The Morgan fingerprint density at radius 1 is 1.11 bits per heavy atom. The zero-order chi connectivity index (χ0) is 31.5. The fourth-order valence-corrected chi connectivity index (χ4v) is 8.10. The van der Waals surface area contributed by atoms with Crippen molar-refractivity contribution in [1.82, 2.24) is 35.5 Å². The van der Waals surface area contributed by atoms with Crippen LogP contribution >= 0.6 is 0 Å². The lowest BCUT2D eigenvalue weighted by Gasteiger charge is -2.65. The summed E-state index contributed by atoms with van der Waals surface area (Å²) >= 11 is 0. The summed E-state index contributed by atoms with van der Waals surface area (Å²) in [4.78, 5) is 40.8. The van der Waals surface area contributed by atoms with Crippen LogP contribution in [0.2, 0.25) is 0 Å². The molecule has 15 heteroatoms. The monoisotopic (exact) mass is 631 g/mol. The number of aryl methyl sites for hydroxylation is 1. The molecule has 5 aliphatic carbocycles. The molecule has 2 amide bonds. The number of aromatic nitrogens is 5. The average Bonchev–Trinajstić information content (AvgIpc) is 3.89. The molecule has 2 bridgehead atoms. The van der Waals surface area contributed by atoms with Gasteiger partial charge < -0.3 is 20.3 Å². The lowest BCUT2D eigenvalue weighted by molar-refractivity contribution is -0.280. The van der Waals surface area contributed by atoms with Gasteiger partial charge in [0, 0.05) is 19.4 Å². The number of likely N-dealkylation sites (tertiary alicyclic amines) is 1. The lowest BCUT2D eigenvalue weighted by Crippen LogP contribution is -2.71. The maximum absolute atomic E-state index is 14.3. The first-order valence-corrected chi connectivity index (χ1v) is 15.5. The van der Waals surface area contributed by atoms with Crippen molar-refractivity contribution in [1.29, 1.82) is 0 Å². The van der Waals surface area contributed by atoms with Crippen molar-refractivity contribution in [2.45, 2.75) is 94.2 Å². The average molecular weight is 632 g/mol. The number of nitrogens with zero attached hydrogens (tertiary/aromatic N) is 5. The van der Waals surface area contributed by atoms with E-state index in [0.29, 0.717) is 28.9 Å². The summed E-state index contributed by atoms with van der Waals surface area (Å²) in [5.74, 6) is 0.570. The summed E-state index contributed by atoms with van der Waals surface area (Å²) in [7, 11) is 0. The minimum atomic E-state index is -4.91. The number of halogens is 4. The summed E-state index contributed by atoms with van der Waals surface area (Å²) in [5, 5.41) is 21.2. The number of alkyl halides is 4. The van der Waals surface area contributed by atoms with Crippen molar-refractivity contribution in [3.05, 3.63) is 35.0 Å². The van der Waals surface area contributed by atoms with E-state index in [1.807, 2.05) is 0 Å². The maximum Gasteiger partial charge on any atom is 0.417 e. The second kappa shape index (κ2) is 9.46. The Balaban J connectivity index is 1.14. The molecule has 3 aromatic heterocycles. The van der Waals surface area contributed by atoms with Crippen LogP contribution in [0.15, 0.2) is 16.8 Å². The van der Waals surface area contributed by atoms with Gasteiger partial charge >= 0.3 is 6.18 Å². The molecule has 6 aliphatic rings. The maximum atomic E-state index is 14.3. The van der Waals surface area contributed by atoms with Gasteiger partial charge in [0.25, 0.3) is 5.91 Å². The van der Waals surface area contributed by atoms with E-state index in [4.69, 9.17) is 9.61 Å². The fourth-order valence-electron chi connectivity index (χ4n) is 8.10. The largest absolute Gasteiger partial charge is 0.417 e. The number of fused-ring (bicyclic) bond motifs is 1. The molecule has 1 saturated heterocycles. The molecule has 0 aromatic carbocycles. The van der Waals surface area contributed by atoms with Crippen molar-refractivity contribution in [2.24, 2.45) is 23.2 Å². The summed E-state index contributed by atoms with van der Waals surface area (Å²) < 4.78 is 61.1. The van der Waals surface area contributed by atoms with Crippen LogP contribution in [0.25, 0.3) is 11.2 Å². The van der Waals surface area contributed by atoms with E-state index >= 15 is 0 Å². The summed E-state index contributed by atoms with van der Waals surface area (Å²) in [6.45, 7) is 1.29. The molecule has 9 rings (SSSR count). The number of aliphatic hydroxyl groups is 1. The highest BCUT2D eigenvalue weighted by Crippen LogP contribution is 2.70. The Kier molecular flexibility index (Phi) is 6.06. The van der Waals surface area contributed by atoms with E-state index in [1.54, 1.807) is 13.0 Å². The van der Waals surface area contributed by atoms with E-state index < -0.39 is 59.6 Å². The molecule has 1 aliphatic heterocycles. The summed E-state index contributed by atoms with van der Waals surface area (Å²) in [6, 6.07) is 1.49. The first kappa shape index (κ1) is 28.8. The SMILES string of the molecule is Cc1nonc1C(=O)N[C@@H](c1nc2nc([C@@H]3C[C@@](O)(C(F)(F)F)CCN3C(=O)C34CC(F)(C3)C4)ccc2[nH]1)C(C1CC1)C1CC1. The van der Waals surface area contributed by atoms with E-state index in [-0.39, 0.29) is 48.8 Å². The van der Waals surface area contributed by atoms with Crippen LogP contribution in [0.3, 0.4) is 0 Å². The first-order valence-electron chi connectivity index (χ1n) is 15.5. The number of hydrogen-bond acceptors (Lipinski definition) is 8. The molecule has 3 aromatic rings. The van der Waals surface area contributed by atoms with Gasteiger partial charge in [-0.1, -0.05) is 5.16 Å². The molecule has 5 saturated carbocycles. The quantitative estimate of drug-likeness (QED) is 0.310. The van der Waals surface area contributed by atoms with Crippen LogP contribution in [-0.2, 0) is 4.79 Å². The molecule has 45 heavy (non-hydrogen) atoms. The number of carbonyl (C=O) groups excluding carboxylic acids is 2. The van der Waals surface area contributed by atoms with Crippen LogP contribution in [0, 0.1) is 30.1 Å². The molecule has 0 spiro atoms. The molecule has 6 fully saturated rings. The van der Waals surface area contributed by atoms with E-state index in [9.17, 15) is 32.3 Å². The Labute approximate surface area is 254 Å². The zero-order valence-electron chi connectivity index (χ0n) is 24.5. The molecule has 240 valence electrons. The Morgan fingerprint density at radius 3 is 2.38 bits per heavy atom. The predicted molar refractivity (Wildman–Crippen MR) is 147 cm³/mol. The molecule has 3 atom stereocenters. The third-order valence-corrected chi connectivity index (χ3v) is 10.8. The van der Waals surface area contributed by atoms with Crippen molar-refractivity contribution in [2.75, 3.05) is 6.54 Å². The summed E-state index contributed by atoms with van der Waals surface area (Å²) in [6.07, 6.45) is -1.99. The second-order valence-corrected chi connectivity index (χ2v) is 14.1. The van der Waals surface area contributed by atoms with Gasteiger partial charge in [-0.2, -0.15) is 13.2 Å². The van der Waals surface area contributed by atoms with Crippen LogP contribution in [0.5, 0.6) is 0 Å². The number of piperidine rings is 1. The Hall–Kier alpha value is -3.62. The van der Waals surface area contributed by atoms with E-state index in [1.165, 1.54) is 11.0 Å². The molecule has 4 heterocycles. The third-order valence-electron chi connectivity index (χ3n) is 10.8. The highest BCUT2D eigenvalue weighted by molar-refractivity contribution is 5.93. The van der Waals surface area contributed by atoms with E-state index in [2.05, 4.69) is 25.6 Å². The van der Waals surface area contributed by atoms with Crippen molar-refractivity contribution >= 4 is 23.0 Å². The highest BCUT2D eigenvalue weighted by atomic mass is 19.4. The van der Waals surface area contributed by atoms with Crippen LogP contribution in [0.1, 0.15) is 97.6 Å². The van der Waals surface area contributed by atoms with Crippen LogP contribution < -0.4 is 5.32 Å². The number of aromatic amines is 1. The molecule has 0 radical (unpaired) electrons. The zero-order valence-corrected chi connectivity index (χ0v) is 24.5. The number of H-pyrrole nitrogens is 1. The molecule has 3 N–H and O–H groups in total. The van der Waals surface area contributed by atoms with Gasteiger partial charge in [-0.15, -0.1) is 0 Å². The fraction of sp³-hybridized carbons (Fsp3) is 0.667. The molecule has 11 nitrogen and oxygen atoms in total. The number of nitrogens with one attached hydrogen (secondary N) is 2. The normalized spacial score (nSPS) is 31.9. The lowest BCUT2D eigenvalue weighted by atomic mass is 9.41. The number of imidazole rings is 1. The number of amides is 2. The number of carbonyl (C=O) groups is 2. The first-order chi connectivity index (χ1) is 21.3. The van der Waals surface area contributed by atoms with Gasteiger partial charge in [0.2, 0.25) is 5.91 Å². The number of hydrogen-bond donors (Lipinski definition) is 3. The number of rotatable bonds is 8.